The van der Waals surface area contributed by atoms with E-state index in [9.17, 15) is 4.39 Å². The zero-order valence-corrected chi connectivity index (χ0v) is 18.9. The summed E-state index contributed by atoms with van der Waals surface area (Å²) in [5, 5.41) is 4.66. The van der Waals surface area contributed by atoms with Crippen molar-refractivity contribution in [3.05, 3.63) is 53.1 Å². The number of fused-ring (bicyclic) bond motifs is 3. The predicted octanol–water partition coefficient (Wildman–Crippen LogP) is 6.22. The van der Waals surface area contributed by atoms with Gasteiger partial charge in [0.2, 0.25) is 0 Å². The van der Waals surface area contributed by atoms with E-state index in [0.717, 1.165) is 62.7 Å². The highest BCUT2D eigenvalue weighted by Gasteiger charge is 2.61. The lowest BCUT2D eigenvalue weighted by Gasteiger charge is -2.51. The molecule has 1 aliphatic heterocycles. The molecule has 5 rings (SSSR count). The summed E-state index contributed by atoms with van der Waals surface area (Å²) in [5.41, 5.74) is 4.39. The van der Waals surface area contributed by atoms with Crippen LogP contribution in [0.15, 0.2) is 36.0 Å². The molecule has 0 radical (unpaired) electrons. The summed E-state index contributed by atoms with van der Waals surface area (Å²) in [6.45, 7) is 6.78. The van der Waals surface area contributed by atoms with Crippen LogP contribution < -0.4 is 0 Å². The minimum Gasteiger partial charge on any atom is -0.343 e. The van der Waals surface area contributed by atoms with E-state index in [-0.39, 0.29) is 23.4 Å². The Morgan fingerprint density at radius 2 is 1.77 bits per heavy atom. The molecule has 2 heterocycles. The largest absolute Gasteiger partial charge is 0.343 e. The lowest BCUT2D eigenvalue weighted by atomic mass is 9.62. The third-order valence-corrected chi connectivity index (χ3v) is 7.56. The van der Waals surface area contributed by atoms with E-state index < -0.39 is 5.79 Å². The van der Waals surface area contributed by atoms with E-state index in [1.54, 1.807) is 12.1 Å². The van der Waals surface area contributed by atoms with Crippen molar-refractivity contribution in [2.45, 2.75) is 90.1 Å². The SMILES string of the molecule is CCC[C@@H]1OC2(CCCC3=Cc4c(cnn4-c4ccc(F)cc4)CC32C)O[C@@H]1CCC. The van der Waals surface area contributed by atoms with Crippen molar-refractivity contribution in [1.29, 1.82) is 0 Å². The maximum atomic E-state index is 13.4. The first-order chi connectivity index (χ1) is 15.0. The second-order valence-corrected chi connectivity index (χ2v) is 9.62. The van der Waals surface area contributed by atoms with Crippen LogP contribution in [0.5, 0.6) is 0 Å². The Bertz CT molecular complexity index is 966. The van der Waals surface area contributed by atoms with Crippen molar-refractivity contribution in [3.8, 4) is 5.69 Å². The van der Waals surface area contributed by atoms with Crippen molar-refractivity contribution in [1.82, 2.24) is 9.78 Å². The summed E-state index contributed by atoms with van der Waals surface area (Å²) in [7, 11) is 0. The van der Waals surface area contributed by atoms with Crippen molar-refractivity contribution in [2.75, 3.05) is 0 Å². The molecule has 1 aromatic carbocycles. The zero-order valence-electron chi connectivity index (χ0n) is 18.9. The molecule has 166 valence electrons. The second kappa shape index (κ2) is 7.86. The van der Waals surface area contributed by atoms with Crippen molar-refractivity contribution in [2.24, 2.45) is 5.41 Å². The van der Waals surface area contributed by atoms with Crippen LogP contribution in [-0.4, -0.2) is 27.8 Å². The maximum Gasteiger partial charge on any atom is 0.178 e. The topological polar surface area (TPSA) is 36.3 Å². The minimum atomic E-state index is -0.549. The number of halogens is 1. The normalized spacial score (nSPS) is 32.1. The van der Waals surface area contributed by atoms with Crippen molar-refractivity contribution < 1.29 is 13.9 Å². The molecule has 1 saturated heterocycles. The molecule has 2 aliphatic carbocycles. The van der Waals surface area contributed by atoms with Gasteiger partial charge in [0.15, 0.2) is 5.79 Å². The first-order valence-corrected chi connectivity index (χ1v) is 11.9. The summed E-state index contributed by atoms with van der Waals surface area (Å²) < 4.78 is 29.1. The van der Waals surface area contributed by atoms with Gasteiger partial charge in [-0.25, -0.2) is 9.07 Å². The van der Waals surface area contributed by atoms with E-state index in [1.165, 1.54) is 23.3 Å². The Balaban J connectivity index is 1.52. The van der Waals surface area contributed by atoms with Gasteiger partial charge in [-0.2, -0.15) is 5.10 Å². The van der Waals surface area contributed by atoms with Crippen LogP contribution in [0.1, 0.15) is 77.0 Å². The summed E-state index contributed by atoms with van der Waals surface area (Å²) >= 11 is 0. The van der Waals surface area contributed by atoms with Gasteiger partial charge in [-0.3, -0.25) is 0 Å². The first-order valence-electron chi connectivity index (χ1n) is 11.9. The van der Waals surface area contributed by atoms with Gasteiger partial charge >= 0.3 is 0 Å². The Labute approximate surface area is 184 Å². The minimum absolute atomic E-state index is 0.185. The fourth-order valence-electron chi connectivity index (χ4n) is 5.91. The van der Waals surface area contributed by atoms with Gasteiger partial charge in [0.25, 0.3) is 0 Å². The molecular formula is C26H33FN2O2. The summed E-state index contributed by atoms with van der Waals surface area (Å²) in [4.78, 5) is 0. The van der Waals surface area contributed by atoms with E-state index in [2.05, 4.69) is 31.9 Å². The Kier molecular flexibility index (Phi) is 5.30. The number of rotatable bonds is 5. The van der Waals surface area contributed by atoms with E-state index in [4.69, 9.17) is 9.47 Å². The number of ether oxygens (including phenoxy) is 2. The second-order valence-electron chi connectivity index (χ2n) is 9.62. The monoisotopic (exact) mass is 424 g/mol. The van der Waals surface area contributed by atoms with Crippen LogP contribution in [0.3, 0.4) is 0 Å². The van der Waals surface area contributed by atoms with Gasteiger partial charge in [0.05, 0.1) is 29.8 Å². The molecule has 3 aliphatic rings. The third-order valence-electron chi connectivity index (χ3n) is 7.56. The van der Waals surface area contributed by atoms with Gasteiger partial charge in [-0.1, -0.05) is 39.2 Å². The molecule has 1 saturated carbocycles. The predicted molar refractivity (Wildman–Crippen MR) is 119 cm³/mol. The number of benzene rings is 1. The van der Waals surface area contributed by atoms with Crippen LogP contribution in [0, 0.1) is 11.2 Å². The maximum absolute atomic E-state index is 13.4. The van der Waals surface area contributed by atoms with Gasteiger partial charge in [0.1, 0.15) is 5.82 Å². The number of hydrogen-bond donors (Lipinski definition) is 0. The molecule has 0 amide bonds. The van der Waals surface area contributed by atoms with Crippen LogP contribution in [0.4, 0.5) is 4.39 Å². The van der Waals surface area contributed by atoms with Crippen LogP contribution in [0.25, 0.3) is 11.8 Å². The molecule has 31 heavy (non-hydrogen) atoms. The molecule has 2 unspecified atom stereocenters. The highest BCUT2D eigenvalue weighted by Crippen LogP contribution is 2.58. The molecule has 1 spiro atoms. The summed E-state index contributed by atoms with van der Waals surface area (Å²) in [5.74, 6) is -0.782. The lowest BCUT2D eigenvalue weighted by Crippen LogP contribution is -2.53. The summed E-state index contributed by atoms with van der Waals surface area (Å²) in [6.07, 6.45) is 12.9. The fraction of sp³-hybridized carbons (Fsp3) is 0.577. The standard InChI is InChI=1S/C26H33FN2O2/c1-4-7-23-24(8-5-2)31-26(30-23)14-6-9-19-15-22-18(16-25(19,26)3)17-28-29(22)21-12-10-20(27)11-13-21/h10-13,15,17,23-24H,4-9,14,16H2,1-3H3/t23-,24+,25?,26?. The van der Waals surface area contributed by atoms with Crippen molar-refractivity contribution >= 4 is 6.08 Å². The first kappa shape index (κ1) is 20.9. The van der Waals surface area contributed by atoms with Gasteiger partial charge < -0.3 is 9.47 Å². The van der Waals surface area contributed by atoms with E-state index >= 15 is 0 Å². The van der Waals surface area contributed by atoms with E-state index in [0.29, 0.717) is 0 Å². The van der Waals surface area contributed by atoms with Crippen LogP contribution >= 0.6 is 0 Å². The molecule has 4 atom stereocenters. The van der Waals surface area contributed by atoms with Crippen LogP contribution in [-0.2, 0) is 15.9 Å². The summed E-state index contributed by atoms with van der Waals surface area (Å²) in [6, 6.07) is 6.54. The average Bonchev–Trinajstić information content (AvgIpc) is 3.31. The van der Waals surface area contributed by atoms with Gasteiger partial charge in [-0.05, 0) is 68.0 Å². The Morgan fingerprint density at radius 3 is 2.42 bits per heavy atom. The van der Waals surface area contributed by atoms with Crippen molar-refractivity contribution in [3.63, 3.8) is 0 Å². The van der Waals surface area contributed by atoms with E-state index in [1.807, 2.05) is 10.9 Å². The molecular weight excluding hydrogens is 391 g/mol. The van der Waals surface area contributed by atoms with Crippen LogP contribution in [0.2, 0.25) is 0 Å². The smallest absolute Gasteiger partial charge is 0.178 e. The lowest BCUT2D eigenvalue weighted by molar-refractivity contribution is -0.248. The Morgan fingerprint density at radius 1 is 1.10 bits per heavy atom. The molecule has 1 aromatic heterocycles. The highest BCUT2D eigenvalue weighted by molar-refractivity contribution is 5.62. The highest BCUT2D eigenvalue weighted by atomic mass is 19.1. The number of nitrogens with zero attached hydrogens (tertiary/aromatic N) is 2. The van der Waals surface area contributed by atoms with Gasteiger partial charge in [0, 0.05) is 11.8 Å². The molecule has 5 heteroatoms. The zero-order chi connectivity index (χ0) is 21.6. The number of hydrogen-bond acceptors (Lipinski definition) is 3. The Hall–Kier alpha value is -1.98. The van der Waals surface area contributed by atoms with Gasteiger partial charge in [-0.15, -0.1) is 0 Å². The molecule has 0 N–H and O–H groups in total. The number of aromatic nitrogens is 2. The molecule has 0 bridgehead atoms. The molecule has 2 fully saturated rings. The molecule has 2 aromatic rings. The quantitative estimate of drug-likeness (QED) is 0.571. The fourth-order valence-corrected chi connectivity index (χ4v) is 5.91. The molecule has 4 nitrogen and oxygen atoms in total. The third kappa shape index (κ3) is 3.28. The average molecular weight is 425 g/mol.